The molecule has 1 aromatic carbocycles. The van der Waals surface area contributed by atoms with Gasteiger partial charge in [-0.1, -0.05) is 26.0 Å². The second kappa shape index (κ2) is 10.5. The summed E-state index contributed by atoms with van der Waals surface area (Å²) in [7, 11) is 0. The first kappa shape index (κ1) is 23.5. The first-order valence-electron chi connectivity index (χ1n) is 12.5. The maximum atomic E-state index is 12.7. The molecule has 1 aromatic heterocycles. The van der Waals surface area contributed by atoms with E-state index in [4.69, 9.17) is 0 Å². The summed E-state index contributed by atoms with van der Waals surface area (Å²) in [5, 5.41) is 12.9. The Bertz CT molecular complexity index is 975. The Morgan fingerprint density at radius 3 is 2.61 bits per heavy atom. The number of nitrogens with zero attached hydrogens (tertiary/aromatic N) is 1. The lowest BCUT2D eigenvalue weighted by Gasteiger charge is -2.43. The van der Waals surface area contributed by atoms with E-state index in [1.54, 1.807) is 6.20 Å². The molecule has 3 aliphatic carbocycles. The molecule has 1 amide bonds. The van der Waals surface area contributed by atoms with Crippen molar-refractivity contribution in [2.75, 3.05) is 6.54 Å². The van der Waals surface area contributed by atoms with Crippen LogP contribution >= 0.6 is 0 Å². The molecule has 0 radical (unpaired) electrons. The van der Waals surface area contributed by atoms with Crippen molar-refractivity contribution in [2.24, 2.45) is 23.7 Å². The molecule has 2 N–H and O–H groups in total. The number of nitrogens with one attached hydrogen (secondary N) is 1. The molecule has 0 aliphatic heterocycles. The van der Waals surface area contributed by atoms with E-state index in [-0.39, 0.29) is 11.8 Å². The van der Waals surface area contributed by atoms with Crippen molar-refractivity contribution in [3.8, 4) is 5.75 Å². The number of pyridine rings is 1. The average Bonchev–Trinajstić information content (AvgIpc) is 3.18. The number of aromatic nitrogens is 1. The Kier molecular flexibility index (Phi) is 7.46. The second-order valence-electron chi connectivity index (χ2n) is 9.77. The van der Waals surface area contributed by atoms with Crippen molar-refractivity contribution in [1.82, 2.24) is 10.3 Å². The van der Waals surface area contributed by atoms with Gasteiger partial charge in [0, 0.05) is 30.8 Å². The molecule has 0 bridgehead atoms. The van der Waals surface area contributed by atoms with Gasteiger partial charge < -0.3 is 10.4 Å². The maximum absolute atomic E-state index is 12.7. The largest absolute Gasteiger partial charge is 0.508 e. The Labute approximate surface area is 197 Å². The zero-order valence-electron chi connectivity index (χ0n) is 19.8. The van der Waals surface area contributed by atoms with Crippen molar-refractivity contribution in [3.05, 3.63) is 58.9 Å². The minimum Gasteiger partial charge on any atom is -0.508 e. The number of carbonyl (C=O) groups excluding carboxylic acids is 2. The fourth-order valence-corrected chi connectivity index (χ4v) is 6.47. The smallest absolute Gasteiger partial charge is 0.207 e. The summed E-state index contributed by atoms with van der Waals surface area (Å²) in [6.07, 6.45) is 11.4. The third kappa shape index (κ3) is 4.83. The summed E-state index contributed by atoms with van der Waals surface area (Å²) in [6, 6.07) is 8.24. The summed E-state index contributed by atoms with van der Waals surface area (Å²) in [5.74, 6) is 2.59. The molecule has 5 heteroatoms. The number of ketones is 1. The minimum atomic E-state index is 0.00590. The normalized spacial score (nSPS) is 27.5. The second-order valence-corrected chi connectivity index (χ2v) is 9.77. The Morgan fingerprint density at radius 1 is 1.12 bits per heavy atom. The number of hydrogen-bond donors (Lipinski definition) is 2. The van der Waals surface area contributed by atoms with Crippen LogP contribution in [0, 0.1) is 23.7 Å². The summed E-state index contributed by atoms with van der Waals surface area (Å²) < 4.78 is 0. The minimum absolute atomic E-state index is 0.00590. The van der Waals surface area contributed by atoms with Gasteiger partial charge in [0.1, 0.15) is 11.5 Å². The third-order valence-corrected chi connectivity index (χ3v) is 8.14. The van der Waals surface area contributed by atoms with Crippen molar-refractivity contribution < 1.29 is 14.7 Å². The van der Waals surface area contributed by atoms with Crippen molar-refractivity contribution >= 4 is 12.2 Å². The molecule has 2 fully saturated rings. The number of rotatable bonds is 5. The highest BCUT2D eigenvalue weighted by atomic mass is 16.3. The molecule has 0 spiro atoms. The summed E-state index contributed by atoms with van der Waals surface area (Å²) >= 11 is 0. The van der Waals surface area contributed by atoms with Gasteiger partial charge in [-0.3, -0.25) is 14.6 Å². The number of hydrogen-bond acceptors (Lipinski definition) is 4. The topological polar surface area (TPSA) is 79.3 Å². The lowest BCUT2D eigenvalue weighted by molar-refractivity contribution is -0.125. The van der Waals surface area contributed by atoms with Gasteiger partial charge in [0.25, 0.3) is 0 Å². The van der Waals surface area contributed by atoms with Gasteiger partial charge in [-0.2, -0.15) is 0 Å². The van der Waals surface area contributed by atoms with E-state index in [1.807, 2.05) is 18.3 Å². The van der Waals surface area contributed by atoms with E-state index in [0.29, 0.717) is 42.2 Å². The van der Waals surface area contributed by atoms with Gasteiger partial charge in [0.2, 0.25) is 6.41 Å². The fraction of sp³-hybridized carbons (Fsp3) is 0.536. The highest BCUT2D eigenvalue weighted by Gasteiger charge is 2.50. The zero-order chi connectivity index (χ0) is 23.4. The maximum Gasteiger partial charge on any atom is 0.207 e. The molecular formula is C28H36N2O3. The van der Waals surface area contributed by atoms with Crippen molar-refractivity contribution in [3.63, 3.8) is 0 Å². The summed E-state index contributed by atoms with van der Waals surface area (Å²) in [6.45, 7) is 4.70. The fourth-order valence-electron chi connectivity index (χ4n) is 6.47. The van der Waals surface area contributed by atoms with Gasteiger partial charge in [0.15, 0.2) is 0 Å². The van der Waals surface area contributed by atoms with Crippen LogP contribution in [0.15, 0.2) is 36.7 Å². The number of amides is 1. The van der Waals surface area contributed by atoms with Gasteiger partial charge in [-0.15, -0.1) is 0 Å². The quantitative estimate of drug-likeness (QED) is 0.655. The predicted octanol–water partition coefficient (Wildman–Crippen LogP) is 4.61. The number of aromatic hydroxyl groups is 1. The molecule has 5 atom stereocenters. The number of fused-ring (bicyclic) bond motifs is 5. The molecule has 2 saturated carbocycles. The van der Waals surface area contributed by atoms with Crippen LogP contribution in [0.4, 0.5) is 0 Å². The molecule has 3 aliphatic rings. The Hall–Kier alpha value is -2.69. The summed E-state index contributed by atoms with van der Waals surface area (Å²) in [5.41, 5.74) is 5.06. The van der Waals surface area contributed by atoms with E-state index >= 15 is 0 Å². The van der Waals surface area contributed by atoms with Crippen LogP contribution in [0.25, 0.3) is 0 Å². The van der Waals surface area contributed by atoms with E-state index in [0.717, 1.165) is 50.5 Å². The van der Waals surface area contributed by atoms with Crippen molar-refractivity contribution in [2.45, 2.75) is 64.7 Å². The standard InChI is InChI=1S/C21H27NO3.C7H9N/c1-2-12-7-18-13(9-20(12)24)3-4-16-15(18)5-6-17-19(16)8-14(21(17)25)10-22-11-23;1-2-7-4-3-5-8-6-7/h7,9,11,14-17,19,24H,2-6,8,10H2,1H3,(H,22,23);3-6H,2H2,1H3. The molecule has 2 aromatic rings. The Morgan fingerprint density at radius 2 is 1.94 bits per heavy atom. The van der Waals surface area contributed by atoms with Crippen LogP contribution in [-0.4, -0.2) is 28.8 Å². The number of carbonyl (C=O) groups is 2. The van der Waals surface area contributed by atoms with Crippen LogP contribution in [-0.2, 0) is 28.9 Å². The van der Waals surface area contributed by atoms with Crippen LogP contribution in [0.2, 0.25) is 0 Å². The third-order valence-electron chi connectivity index (χ3n) is 8.14. The SMILES string of the molecule is CCc1cc2c(cc1O)CCC1C2CCC2C(=O)C(CNC=O)CC21.CCc1cccnc1. The van der Waals surface area contributed by atoms with Crippen LogP contribution in [0.1, 0.15) is 67.7 Å². The van der Waals surface area contributed by atoms with E-state index in [9.17, 15) is 14.7 Å². The molecule has 0 saturated heterocycles. The molecule has 1 heterocycles. The number of phenolic OH excluding ortho intramolecular Hbond substituents is 1. The highest BCUT2D eigenvalue weighted by Crippen LogP contribution is 2.55. The number of benzene rings is 1. The molecular weight excluding hydrogens is 412 g/mol. The van der Waals surface area contributed by atoms with Crippen LogP contribution in [0.3, 0.4) is 0 Å². The first-order chi connectivity index (χ1) is 16.1. The number of phenols is 1. The van der Waals surface area contributed by atoms with Crippen molar-refractivity contribution in [1.29, 1.82) is 0 Å². The Balaban J connectivity index is 0.000000275. The van der Waals surface area contributed by atoms with E-state index < -0.39 is 0 Å². The predicted molar refractivity (Wildman–Crippen MR) is 129 cm³/mol. The number of aryl methyl sites for hydroxylation is 3. The van der Waals surface area contributed by atoms with Gasteiger partial charge >= 0.3 is 0 Å². The first-order valence-corrected chi connectivity index (χ1v) is 12.5. The molecule has 176 valence electrons. The molecule has 5 rings (SSSR count). The van der Waals surface area contributed by atoms with Crippen LogP contribution < -0.4 is 5.32 Å². The van der Waals surface area contributed by atoms with Gasteiger partial charge in [-0.25, -0.2) is 0 Å². The van der Waals surface area contributed by atoms with Gasteiger partial charge in [-0.05, 0) is 97.1 Å². The van der Waals surface area contributed by atoms with E-state index in [1.165, 1.54) is 16.7 Å². The summed E-state index contributed by atoms with van der Waals surface area (Å²) in [4.78, 5) is 27.3. The zero-order valence-corrected chi connectivity index (χ0v) is 19.8. The van der Waals surface area contributed by atoms with Gasteiger partial charge in [0.05, 0.1) is 0 Å². The molecule has 5 nitrogen and oxygen atoms in total. The highest BCUT2D eigenvalue weighted by molar-refractivity contribution is 5.86. The lowest BCUT2D eigenvalue weighted by Crippen LogP contribution is -2.35. The van der Waals surface area contributed by atoms with Crippen LogP contribution in [0.5, 0.6) is 5.75 Å². The van der Waals surface area contributed by atoms with E-state index in [2.05, 4.69) is 36.3 Å². The lowest BCUT2D eigenvalue weighted by atomic mass is 9.60. The average molecular weight is 449 g/mol. The number of Topliss-reactive ketones (excluding diaryl/α,β-unsaturated/α-hetero) is 1. The molecule has 5 unspecified atom stereocenters. The monoisotopic (exact) mass is 448 g/mol. The molecule has 33 heavy (non-hydrogen) atoms.